The highest BCUT2D eigenvalue weighted by atomic mass is 32.2. The largest absolute Gasteiger partial charge is 0.459 e. The van der Waals surface area contributed by atoms with Crippen molar-refractivity contribution in [2.24, 2.45) is 17.8 Å². The van der Waals surface area contributed by atoms with E-state index in [2.05, 4.69) is 30.7 Å². The molecule has 0 aromatic carbocycles. The van der Waals surface area contributed by atoms with Gasteiger partial charge >= 0.3 is 17.3 Å². The summed E-state index contributed by atoms with van der Waals surface area (Å²) in [5.74, 6) is 2.55. The van der Waals surface area contributed by atoms with E-state index in [1.165, 1.54) is 45.1 Å². The van der Waals surface area contributed by atoms with Crippen LogP contribution in [0.5, 0.6) is 0 Å². The van der Waals surface area contributed by atoms with Crippen LogP contribution >= 0.6 is 23.5 Å². The summed E-state index contributed by atoms with van der Waals surface area (Å²) in [6.45, 7) is 6.50. The Morgan fingerprint density at radius 3 is 2.17 bits per heavy atom. The van der Waals surface area contributed by atoms with Crippen LogP contribution in [0.15, 0.2) is 34.1 Å². The van der Waals surface area contributed by atoms with E-state index in [4.69, 9.17) is 30.8 Å². The molecule has 2 aromatic heterocycles. The van der Waals surface area contributed by atoms with E-state index in [1.54, 1.807) is 18.5 Å². The van der Waals surface area contributed by atoms with E-state index >= 15 is 0 Å². The Hall–Kier alpha value is -2.59. The zero-order valence-corrected chi connectivity index (χ0v) is 25.0. The summed E-state index contributed by atoms with van der Waals surface area (Å²) in [5, 5.41) is 8.88. The first kappa shape index (κ1) is 31.3. The number of rotatable bonds is 6. The molecule has 0 spiro atoms. The highest BCUT2D eigenvalue weighted by Crippen LogP contribution is 2.37. The maximum atomic E-state index is 12.6. The number of aliphatic hydroxyl groups excluding tert-OH is 1. The minimum Gasteiger partial charge on any atom is -0.459 e. The number of aromatic nitrogens is 4. The van der Waals surface area contributed by atoms with Crippen LogP contribution in [-0.2, 0) is 19.0 Å². The van der Waals surface area contributed by atoms with E-state index in [0.29, 0.717) is 29.3 Å². The maximum absolute atomic E-state index is 12.6. The summed E-state index contributed by atoms with van der Waals surface area (Å²) < 4.78 is 19.8. The highest BCUT2D eigenvalue weighted by molar-refractivity contribution is 8.00. The molecular formula is C26H38N6O7S2. The lowest BCUT2D eigenvalue weighted by Gasteiger charge is -2.37. The molecule has 0 amide bonds. The van der Waals surface area contributed by atoms with Gasteiger partial charge in [0.25, 0.3) is 0 Å². The van der Waals surface area contributed by atoms with Crippen LogP contribution in [0.3, 0.4) is 0 Å². The second-order valence-corrected chi connectivity index (χ2v) is 13.0. The number of carbonyl (C=O) groups is 1. The smallest absolute Gasteiger partial charge is 0.351 e. The van der Waals surface area contributed by atoms with Crippen molar-refractivity contribution in [1.29, 1.82) is 0 Å². The van der Waals surface area contributed by atoms with Crippen LogP contribution in [-0.4, -0.2) is 65.3 Å². The van der Waals surface area contributed by atoms with Gasteiger partial charge in [-0.2, -0.15) is 9.97 Å². The summed E-state index contributed by atoms with van der Waals surface area (Å²) >= 11 is 2.82. The van der Waals surface area contributed by atoms with Gasteiger partial charge in [-0.3, -0.25) is 9.13 Å². The van der Waals surface area contributed by atoms with Crippen molar-refractivity contribution in [3.63, 3.8) is 0 Å². The molecule has 2 saturated heterocycles. The number of esters is 1. The lowest BCUT2D eigenvalue weighted by atomic mass is 9.75. The molecule has 226 valence electrons. The normalized spacial score (nSPS) is 29.6. The quantitative estimate of drug-likeness (QED) is 0.402. The summed E-state index contributed by atoms with van der Waals surface area (Å²) in [7, 11) is 0. The first-order valence-electron chi connectivity index (χ1n) is 13.6. The van der Waals surface area contributed by atoms with E-state index < -0.39 is 23.0 Å². The SMILES string of the molecule is CC(C)[C@@H]1CC[C@@H](C)C[C@H]1OC(=O)[C@H]1O[C@H](n2ccc(N)nc2=O)CS1.Nc1ccn([C@@H]2CS[C@@H](CO)O2)c(=O)n1. The lowest BCUT2D eigenvalue weighted by Crippen LogP contribution is -2.38. The molecular weight excluding hydrogens is 572 g/mol. The van der Waals surface area contributed by atoms with Gasteiger partial charge in [0.2, 0.25) is 5.44 Å². The molecule has 2 aromatic rings. The van der Waals surface area contributed by atoms with E-state index in [9.17, 15) is 14.4 Å². The monoisotopic (exact) mass is 610 g/mol. The van der Waals surface area contributed by atoms with Crippen LogP contribution < -0.4 is 22.8 Å². The predicted octanol–water partition coefficient (Wildman–Crippen LogP) is 1.82. The fourth-order valence-electron chi connectivity index (χ4n) is 5.09. The number of nitrogens with two attached hydrogens (primary N) is 2. The Labute approximate surface area is 246 Å². The highest BCUT2D eigenvalue weighted by Gasteiger charge is 2.39. The minimum atomic E-state index is -0.713. The molecule has 0 radical (unpaired) electrons. The van der Waals surface area contributed by atoms with E-state index in [0.717, 1.165) is 12.8 Å². The van der Waals surface area contributed by atoms with Gasteiger partial charge in [0.05, 0.1) is 6.61 Å². The van der Waals surface area contributed by atoms with Crippen LogP contribution in [0.1, 0.15) is 52.5 Å². The fraction of sp³-hybridized carbons (Fsp3) is 0.654. The van der Waals surface area contributed by atoms with Crippen LogP contribution in [0.2, 0.25) is 0 Å². The first-order chi connectivity index (χ1) is 19.5. The molecule has 41 heavy (non-hydrogen) atoms. The van der Waals surface area contributed by atoms with Crippen molar-refractivity contribution in [1.82, 2.24) is 19.1 Å². The second-order valence-electron chi connectivity index (χ2n) is 10.7. The van der Waals surface area contributed by atoms with Gasteiger partial charge in [-0.1, -0.05) is 27.2 Å². The van der Waals surface area contributed by atoms with Crippen molar-refractivity contribution < 1.29 is 24.1 Å². The number of hydrogen-bond acceptors (Lipinski definition) is 13. The third kappa shape index (κ3) is 8.03. The number of aliphatic hydroxyl groups is 1. The summed E-state index contributed by atoms with van der Waals surface area (Å²) in [6, 6.07) is 3.08. The molecule has 1 saturated carbocycles. The summed E-state index contributed by atoms with van der Waals surface area (Å²) in [5.41, 5.74) is 8.99. The molecule has 5 rings (SSSR count). The van der Waals surface area contributed by atoms with Crippen LogP contribution in [0.25, 0.3) is 0 Å². The summed E-state index contributed by atoms with van der Waals surface area (Å²) in [6.07, 6.45) is 5.30. The van der Waals surface area contributed by atoms with Gasteiger partial charge < -0.3 is 30.8 Å². The number of ether oxygens (including phenoxy) is 3. The third-order valence-electron chi connectivity index (χ3n) is 7.30. The van der Waals surface area contributed by atoms with Crippen LogP contribution in [0.4, 0.5) is 11.6 Å². The number of nitrogen functional groups attached to an aromatic ring is 2. The van der Waals surface area contributed by atoms with E-state index in [1.807, 2.05) is 0 Å². The van der Waals surface area contributed by atoms with Gasteiger partial charge in [0, 0.05) is 23.9 Å². The van der Waals surface area contributed by atoms with Crippen molar-refractivity contribution >= 4 is 41.1 Å². The molecule has 0 bridgehead atoms. The molecule has 3 fully saturated rings. The van der Waals surface area contributed by atoms with Gasteiger partial charge in [-0.15, -0.1) is 23.5 Å². The maximum Gasteiger partial charge on any atom is 0.351 e. The molecule has 13 nitrogen and oxygen atoms in total. The van der Waals surface area contributed by atoms with E-state index in [-0.39, 0.29) is 42.0 Å². The van der Waals surface area contributed by atoms with Crippen LogP contribution in [0, 0.1) is 17.8 Å². The van der Waals surface area contributed by atoms with Crippen molar-refractivity contribution in [2.45, 2.75) is 69.5 Å². The number of nitrogens with zero attached hydrogens (tertiary/aromatic N) is 4. The number of carbonyl (C=O) groups excluding carboxylic acids is 1. The Balaban J connectivity index is 0.000000218. The van der Waals surface area contributed by atoms with Gasteiger partial charge in [-0.25, -0.2) is 14.4 Å². The fourth-order valence-corrected chi connectivity index (χ4v) is 7.00. The zero-order valence-electron chi connectivity index (χ0n) is 23.3. The van der Waals surface area contributed by atoms with Gasteiger partial charge in [0.1, 0.15) is 35.6 Å². The Morgan fingerprint density at radius 1 is 1.05 bits per heavy atom. The molecule has 15 heteroatoms. The Morgan fingerprint density at radius 2 is 1.63 bits per heavy atom. The average Bonchev–Trinajstić information content (AvgIpc) is 3.59. The lowest BCUT2D eigenvalue weighted by molar-refractivity contribution is -0.166. The molecule has 4 heterocycles. The van der Waals surface area contributed by atoms with Gasteiger partial charge in [0.15, 0.2) is 0 Å². The average molecular weight is 611 g/mol. The van der Waals surface area contributed by atoms with Gasteiger partial charge in [-0.05, 0) is 42.7 Å². The molecule has 0 unspecified atom stereocenters. The minimum absolute atomic E-state index is 0.0572. The molecule has 2 aliphatic heterocycles. The predicted molar refractivity (Wildman–Crippen MR) is 157 cm³/mol. The first-order valence-corrected chi connectivity index (χ1v) is 15.7. The number of hydrogen-bond donors (Lipinski definition) is 3. The summed E-state index contributed by atoms with van der Waals surface area (Å²) in [4.78, 5) is 43.3. The van der Waals surface area contributed by atoms with Crippen molar-refractivity contribution in [3.8, 4) is 0 Å². The Kier molecular flexibility index (Phi) is 10.7. The molecule has 5 N–H and O–H groups in total. The standard InChI is InChI=1S/C18H27N3O4S.C8H11N3O3S/c1-10(2)12-5-4-11(3)8-13(12)24-16(22)17-25-15(9-26-17)21-7-6-14(19)20-18(21)23;9-5-1-2-11(8(13)10-5)6-4-15-7(3-12)14-6/h6-7,10-13,15,17H,4-5,8-9H2,1-3H3,(H2,19,20,23);1-2,6-7,12H,3-4H2,(H2,9,10,13)/t11-,12+,13-,15+,17+;6-,7-/m10/s1. The topological polar surface area (TPSA) is 187 Å². The molecule has 1 aliphatic carbocycles. The molecule has 7 atom stereocenters. The number of anilines is 2. The number of thioether (sulfide) groups is 2. The van der Waals surface area contributed by atoms with Crippen molar-refractivity contribution in [3.05, 3.63) is 45.5 Å². The zero-order chi connectivity index (χ0) is 29.7. The van der Waals surface area contributed by atoms with Crippen molar-refractivity contribution in [2.75, 3.05) is 29.6 Å². The third-order valence-corrected chi connectivity index (χ3v) is 9.49. The second kappa shape index (κ2) is 14.1. The Bertz CT molecular complexity index is 1310. The molecule has 3 aliphatic rings.